The molecule has 0 spiro atoms. The van der Waals surface area contributed by atoms with Crippen molar-refractivity contribution in [3.05, 3.63) is 48.6 Å². The SMILES string of the molecule is C=CC.CC.CCCC(COC(=O)c1ccccc1)OC.COC. The molecule has 0 aliphatic heterocycles. The molecule has 1 aromatic carbocycles. The highest BCUT2D eigenvalue weighted by Crippen LogP contribution is 2.05. The van der Waals surface area contributed by atoms with Gasteiger partial charge in [-0.05, 0) is 25.5 Å². The molecule has 24 heavy (non-hydrogen) atoms. The number of carbonyl (C=O) groups excluding carboxylic acids is 1. The standard InChI is InChI=1S/C13H18O3.C3H6.C2H6O.C2H6/c1-3-7-12(15-2)10-16-13(14)11-8-5-4-6-9-11;2*1-3-2;1-2/h4-6,8-9,12H,3,7,10H2,1-2H3;3H,1H2,2H3;1-2H3;1-2H3. The molecule has 0 N–H and O–H groups in total. The van der Waals surface area contributed by atoms with Crippen LogP contribution < -0.4 is 0 Å². The van der Waals surface area contributed by atoms with Gasteiger partial charge >= 0.3 is 5.97 Å². The van der Waals surface area contributed by atoms with Crippen LogP contribution in [-0.2, 0) is 14.2 Å². The highest BCUT2D eigenvalue weighted by Gasteiger charge is 2.11. The molecule has 0 saturated heterocycles. The first-order chi connectivity index (χ1) is 11.6. The van der Waals surface area contributed by atoms with E-state index in [0.717, 1.165) is 12.8 Å². The van der Waals surface area contributed by atoms with Gasteiger partial charge in [0, 0.05) is 21.3 Å². The van der Waals surface area contributed by atoms with Crippen LogP contribution in [0.4, 0.5) is 0 Å². The summed E-state index contributed by atoms with van der Waals surface area (Å²) in [5.74, 6) is -0.293. The monoisotopic (exact) mass is 340 g/mol. The van der Waals surface area contributed by atoms with Crippen molar-refractivity contribution in [1.29, 1.82) is 0 Å². The third-order valence-electron chi connectivity index (χ3n) is 2.35. The van der Waals surface area contributed by atoms with Crippen molar-refractivity contribution in [2.75, 3.05) is 27.9 Å². The minimum atomic E-state index is -0.293. The largest absolute Gasteiger partial charge is 0.459 e. The smallest absolute Gasteiger partial charge is 0.338 e. The lowest BCUT2D eigenvalue weighted by Crippen LogP contribution is -2.20. The number of benzene rings is 1. The lowest BCUT2D eigenvalue weighted by Gasteiger charge is -2.14. The predicted molar refractivity (Wildman–Crippen MR) is 103 cm³/mol. The Balaban J connectivity index is -0.000000470. The van der Waals surface area contributed by atoms with E-state index in [0.29, 0.717) is 12.2 Å². The average molecular weight is 341 g/mol. The second-order valence-corrected chi connectivity index (χ2v) is 4.43. The molecule has 4 heteroatoms. The molecule has 1 aromatic rings. The summed E-state index contributed by atoms with van der Waals surface area (Å²) in [6, 6.07) is 8.98. The van der Waals surface area contributed by atoms with Crippen LogP contribution >= 0.6 is 0 Å². The maximum atomic E-state index is 11.6. The Morgan fingerprint density at radius 3 is 2.00 bits per heavy atom. The summed E-state index contributed by atoms with van der Waals surface area (Å²) >= 11 is 0. The van der Waals surface area contributed by atoms with Gasteiger partial charge < -0.3 is 14.2 Å². The Morgan fingerprint density at radius 1 is 1.17 bits per heavy atom. The second kappa shape index (κ2) is 23.6. The molecule has 0 bridgehead atoms. The van der Waals surface area contributed by atoms with Crippen molar-refractivity contribution in [1.82, 2.24) is 0 Å². The van der Waals surface area contributed by atoms with Crippen molar-refractivity contribution < 1.29 is 19.0 Å². The molecule has 0 fully saturated rings. The van der Waals surface area contributed by atoms with Gasteiger partial charge in [0.25, 0.3) is 0 Å². The number of allylic oxidation sites excluding steroid dienone is 1. The Hall–Kier alpha value is -1.65. The van der Waals surface area contributed by atoms with Gasteiger partial charge in [-0.1, -0.05) is 51.5 Å². The molecule has 1 rings (SSSR count). The second-order valence-electron chi connectivity index (χ2n) is 4.43. The van der Waals surface area contributed by atoms with Gasteiger partial charge in [-0.2, -0.15) is 0 Å². The number of rotatable bonds is 6. The quantitative estimate of drug-likeness (QED) is 0.531. The molecule has 0 aromatic heterocycles. The first-order valence-electron chi connectivity index (χ1n) is 8.33. The molecule has 140 valence electrons. The van der Waals surface area contributed by atoms with E-state index < -0.39 is 0 Å². The summed E-state index contributed by atoms with van der Waals surface area (Å²) in [6.07, 6.45) is 3.66. The summed E-state index contributed by atoms with van der Waals surface area (Å²) in [4.78, 5) is 11.6. The maximum Gasteiger partial charge on any atom is 0.338 e. The summed E-state index contributed by atoms with van der Waals surface area (Å²) in [5.41, 5.74) is 0.578. The molecule has 0 saturated carbocycles. The van der Waals surface area contributed by atoms with Gasteiger partial charge in [0.05, 0.1) is 11.7 Å². The molecule has 0 amide bonds. The van der Waals surface area contributed by atoms with Crippen LogP contribution in [0.1, 0.15) is 50.9 Å². The molecule has 0 aliphatic rings. The van der Waals surface area contributed by atoms with E-state index in [4.69, 9.17) is 9.47 Å². The Bertz CT molecular complexity index is 363. The van der Waals surface area contributed by atoms with Crippen molar-refractivity contribution in [3.8, 4) is 0 Å². The molecule has 0 radical (unpaired) electrons. The molecule has 4 nitrogen and oxygen atoms in total. The summed E-state index contributed by atoms with van der Waals surface area (Å²) < 4.78 is 14.6. The fraction of sp³-hybridized carbons (Fsp3) is 0.550. The molecule has 1 atom stereocenters. The Kier molecular flexibility index (Phi) is 26.8. The fourth-order valence-electron chi connectivity index (χ4n) is 1.42. The predicted octanol–water partition coefficient (Wildman–Crippen LogP) is 5.14. The van der Waals surface area contributed by atoms with E-state index in [-0.39, 0.29) is 12.1 Å². The molecule has 1 unspecified atom stereocenters. The van der Waals surface area contributed by atoms with Crippen molar-refractivity contribution in [2.45, 2.75) is 46.6 Å². The fourth-order valence-corrected chi connectivity index (χ4v) is 1.42. The lowest BCUT2D eigenvalue weighted by molar-refractivity contribution is 0.00781. The minimum Gasteiger partial charge on any atom is -0.459 e. The van der Waals surface area contributed by atoms with E-state index in [1.807, 2.05) is 39.0 Å². The Labute approximate surface area is 148 Å². The molecule has 0 heterocycles. The van der Waals surface area contributed by atoms with Crippen molar-refractivity contribution in [3.63, 3.8) is 0 Å². The van der Waals surface area contributed by atoms with Gasteiger partial charge in [-0.15, -0.1) is 6.58 Å². The maximum absolute atomic E-state index is 11.6. The van der Waals surface area contributed by atoms with Crippen LogP contribution in [-0.4, -0.2) is 40.0 Å². The van der Waals surface area contributed by atoms with E-state index in [9.17, 15) is 4.79 Å². The summed E-state index contributed by atoms with van der Waals surface area (Å²) in [7, 11) is 4.89. The number of methoxy groups -OCH3 is 2. The van der Waals surface area contributed by atoms with Crippen LogP contribution in [0.5, 0.6) is 0 Å². The summed E-state index contributed by atoms with van der Waals surface area (Å²) in [5, 5.41) is 0. The molecular weight excluding hydrogens is 304 g/mol. The van der Waals surface area contributed by atoms with Gasteiger partial charge in [0.2, 0.25) is 0 Å². The van der Waals surface area contributed by atoms with Gasteiger partial charge in [0.1, 0.15) is 6.61 Å². The third kappa shape index (κ3) is 18.4. The number of hydrogen-bond donors (Lipinski definition) is 0. The van der Waals surface area contributed by atoms with E-state index >= 15 is 0 Å². The zero-order valence-electron chi connectivity index (χ0n) is 16.5. The zero-order valence-corrected chi connectivity index (χ0v) is 16.5. The number of ether oxygens (including phenoxy) is 3. The van der Waals surface area contributed by atoms with Crippen LogP contribution in [0.2, 0.25) is 0 Å². The first-order valence-corrected chi connectivity index (χ1v) is 8.33. The van der Waals surface area contributed by atoms with Gasteiger partial charge in [0.15, 0.2) is 0 Å². The Morgan fingerprint density at radius 2 is 1.62 bits per heavy atom. The number of carbonyl (C=O) groups is 1. The van der Waals surface area contributed by atoms with E-state index in [1.54, 1.807) is 39.5 Å². The topological polar surface area (TPSA) is 44.8 Å². The van der Waals surface area contributed by atoms with Crippen LogP contribution in [0, 0.1) is 0 Å². The van der Waals surface area contributed by atoms with Crippen LogP contribution in [0.3, 0.4) is 0 Å². The molecule has 0 aliphatic carbocycles. The average Bonchev–Trinajstić information content (AvgIpc) is 2.62. The van der Waals surface area contributed by atoms with Crippen LogP contribution in [0.25, 0.3) is 0 Å². The third-order valence-corrected chi connectivity index (χ3v) is 2.35. The van der Waals surface area contributed by atoms with Crippen LogP contribution in [0.15, 0.2) is 43.0 Å². The van der Waals surface area contributed by atoms with Crippen molar-refractivity contribution >= 4 is 5.97 Å². The summed E-state index contributed by atoms with van der Waals surface area (Å²) in [6.45, 7) is 11.6. The van der Waals surface area contributed by atoms with E-state index in [1.165, 1.54) is 0 Å². The normalized spacial score (nSPS) is 9.62. The minimum absolute atomic E-state index is 0.00216. The zero-order chi connectivity index (χ0) is 19.2. The van der Waals surface area contributed by atoms with Gasteiger partial charge in [-0.25, -0.2) is 4.79 Å². The first kappa shape index (κ1) is 27.2. The van der Waals surface area contributed by atoms with E-state index in [2.05, 4.69) is 18.2 Å². The highest BCUT2D eigenvalue weighted by atomic mass is 16.6. The number of hydrogen-bond acceptors (Lipinski definition) is 4. The highest BCUT2D eigenvalue weighted by molar-refractivity contribution is 5.89. The number of esters is 1. The molecular formula is C20H36O4. The lowest BCUT2D eigenvalue weighted by atomic mass is 10.2. The van der Waals surface area contributed by atoms with Gasteiger partial charge in [-0.3, -0.25) is 0 Å². The van der Waals surface area contributed by atoms with Crippen molar-refractivity contribution in [2.24, 2.45) is 0 Å².